The van der Waals surface area contributed by atoms with Gasteiger partial charge in [-0.15, -0.1) is 0 Å². The van der Waals surface area contributed by atoms with Gasteiger partial charge in [0.05, 0.1) is 0 Å². The maximum Gasteiger partial charge on any atom is 0.138 e. The van der Waals surface area contributed by atoms with Gasteiger partial charge >= 0.3 is 0 Å². The minimum absolute atomic E-state index is 0.705. The molecule has 0 bridgehead atoms. The van der Waals surface area contributed by atoms with E-state index < -0.39 is 0 Å². The summed E-state index contributed by atoms with van der Waals surface area (Å²) in [6, 6.07) is 9.93. The van der Waals surface area contributed by atoms with Gasteiger partial charge in [0, 0.05) is 11.8 Å². The molecule has 1 N–H and O–H groups in total. The van der Waals surface area contributed by atoms with E-state index in [1.54, 1.807) is 12.3 Å². The van der Waals surface area contributed by atoms with E-state index in [-0.39, 0.29) is 0 Å². The number of aromatic nitrogens is 2. The molecule has 0 atom stereocenters. The molecule has 1 aromatic carbocycles. The third-order valence-corrected chi connectivity index (χ3v) is 2.20. The topological polar surface area (TPSA) is 28.7 Å². The molecule has 1 aromatic heterocycles. The molecule has 0 saturated carbocycles. The second kappa shape index (κ2) is 3.72. The highest BCUT2D eigenvalue weighted by Crippen LogP contribution is 2.14. The lowest BCUT2D eigenvalue weighted by Gasteiger charge is -2.01. The van der Waals surface area contributed by atoms with Gasteiger partial charge in [0.15, 0.2) is 0 Å². The summed E-state index contributed by atoms with van der Waals surface area (Å²) in [5, 5.41) is 0. The average molecular weight is 202 g/mol. The fourth-order valence-corrected chi connectivity index (χ4v) is 1.47. The van der Waals surface area contributed by atoms with Gasteiger partial charge in [-0.3, -0.25) is 0 Å². The van der Waals surface area contributed by atoms with Gasteiger partial charge in [-0.25, -0.2) is 4.98 Å². The van der Waals surface area contributed by atoms with Crippen molar-refractivity contribution in [2.45, 2.75) is 6.92 Å². The van der Waals surface area contributed by atoms with Crippen LogP contribution in [0, 0.1) is 11.6 Å². The molecule has 2 rings (SSSR count). The second-order valence-electron chi connectivity index (χ2n) is 3.15. The number of rotatable bonds is 1. The minimum Gasteiger partial charge on any atom is -0.331 e. The van der Waals surface area contributed by atoms with Gasteiger partial charge < -0.3 is 4.98 Å². The highest BCUT2D eigenvalue weighted by Gasteiger charge is 1.97. The van der Waals surface area contributed by atoms with Crippen LogP contribution in [-0.2, 0) is 0 Å². The number of nitrogens with zero attached hydrogens (tertiary/aromatic N) is 1. The Kier molecular flexibility index (Phi) is 2.41. The van der Waals surface area contributed by atoms with Crippen LogP contribution in [0.15, 0.2) is 36.5 Å². The van der Waals surface area contributed by atoms with Gasteiger partial charge in [0.1, 0.15) is 10.5 Å². The summed E-state index contributed by atoms with van der Waals surface area (Å²) >= 11 is 5.04. The molecule has 1 heterocycles. The molecule has 0 radical (unpaired) electrons. The monoisotopic (exact) mass is 202 g/mol. The van der Waals surface area contributed by atoms with Crippen molar-refractivity contribution in [3.8, 4) is 11.4 Å². The Morgan fingerprint density at radius 3 is 2.86 bits per heavy atom. The van der Waals surface area contributed by atoms with Crippen molar-refractivity contribution in [2.24, 2.45) is 0 Å². The maximum absolute atomic E-state index is 5.04. The van der Waals surface area contributed by atoms with E-state index >= 15 is 0 Å². The van der Waals surface area contributed by atoms with Gasteiger partial charge in [-0.1, -0.05) is 36.0 Å². The van der Waals surface area contributed by atoms with Crippen molar-refractivity contribution in [3.63, 3.8) is 0 Å². The Bertz CT molecular complexity index is 502. The lowest BCUT2D eigenvalue weighted by Crippen LogP contribution is -1.88. The van der Waals surface area contributed by atoms with Crippen molar-refractivity contribution in [1.29, 1.82) is 0 Å². The number of hydrogen-bond acceptors (Lipinski definition) is 2. The molecule has 0 spiro atoms. The van der Waals surface area contributed by atoms with E-state index in [0.29, 0.717) is 4.64 Å². The average Bonchev–Trinajstić information content (AvgIpc) is 2.18. The van der Waals surface area contributed by atoms with Gasteiger partial charge in [0.2, 0.25) is 0 Å². The fourth-order valence-electron chi connectivity index (χ4n) is 1.31. The summed E-state index contributed by atoms with van der Waals surface area (Å²) in [5.41, 5.74) is 2.28. The number of aryl methyl sites for hydroxylation is 1. The smallest absolute Gasteiger partial charge is 0.138 e. The van der Waals surface area contributed by atoms with Gasteiger partial charge in [-0.2, -0.15) is 0 Å². The summed E-state index contributed by atoms with van der Waals surface area (Å²) in [7, 11) is 0. The highest BCUT2D eigenvalue weighted by molar-refractivity contribution is 7.71. The molecule has 0 aliphatic carbocycles. The number of aromatic amines is 1. The second-order valence-corrected chi connectivity index (χ2v) is 3.59. The molecule has 0 amide bonds. The van der Waals surface area contributed by atoms with E-state index in [1.165, 1.54) is 5.56 Å². The highest BCUT2D eigenvalue weighted by atomic mass is 32.1. The van der Waals surface area contributed by atoms with Crippen LogP contribution in [0.4, 0.5) is 0 Å². The molecule has 0 fully saturated rings. The first kappa shape index (κ1) is 9.09. The number of hydrogen-bond donors (Lipinski definition) is 1. The molecule has 0 aliphatic heterocycles. The molecule has 0 unspecified atom stereocenters. The molecule has 0 aliphatic rings. The van der Waals surface area contributed by atoms with Crippen LogP contribution >= 0.6 is 12.2 Å². The van der Waals surface area contributed by atoms with Crippen molar-refractivity contribution in [2.75, 3.05) is 0 Å². The van der Waals surface area contributed by atoms with Gasteiger partial charge in [0.25, 0.3) is 0 Å². The molecule has 14 heavy (non-hydrogen) atoms. The lowest BCUT2D eigenvalue weighted by molar-refractivity contribution is 1.16. The van der Waals surface area contributed by atoms with Crippen LogP contribution in [0.5, 0.6) is 0 Å². The third-order valence-electron chi connectivity index (χ3n) is 1.96. The van der Waals surface area contributed by atoms with Crippen LogP contribution in [-0.4, -0.2) is 9.97 Å². The van der Waals surface area contributed by atoms with Crippen LogP contribution in [0.1, 0.15) is 5.56 Å². The van der Waals surface area contributed by atoms with Crippen LogP contribution < -0.4 is 0 Å². The lowest BCUT2D eigenvalue weighted by atomic mass is 10.1. The van der Waals surface area contributed by atoms with Crippen molar-refractivity contribution >= 4 is 12.2 Å². The zero-order valence-electron chi connectivity index (χ0n) is 7.82. The van der Waals surface area contributed by atoms with Crippen LogP contribution in [0.25, 0.3) is 11.4 Å². The van der Waals surface area contributed by atoms with E-state index in [4.69, 9.17) is 12.2 Å². The van der Waals surface area contributed by atoms with Crippen LogP contribution in [0.2, 0.25) is 0 Å². The van der Waals surface area contributed by atoms with E-state index in [9.17, 15) is 0 Å². The Morgan fingerprint density at radius 2 is 2.14 bits per heavy atom. The molecule has 70 valence electrons. The first-order chi connectivity index (χ1) is 6.75. The quantitative estimate of drug-likeness (QED) is 0.720. The Morgan fingerprint density at radius 1 is 1.29 bits per heavy atom. The summed E-state index contributed by atoms with van der Waals surface area (Å²) in [4.78, 5) is 7.28. The fraction of sp³-hybridized carbons (Fsp3) is 0.0909. The Balaban J connectivity index is 2.55. The standard InChI is InChI=1S/C11H10N2S/c1-8-3-2-4-9(7-8)11-12-6-5-10(14)13-11/h2-7H,1H3,(H,12,13,14). The molecular formula is C11H10N2S. The first-order valence-electron chi connectivity index (χ1n) is 4.38. The first-order valence-corrected chi connectivity index (χ1v) is 4.79. The zero-order valence-corrected chi connectivity index (χ0v) is 8.64. The zero-order chi connectivity index (χ0) is 9.97. The summed E-state index contributed by atoms with van der Waals surface area (Å²) in [5.74, 6) is 0.821. The largest absolute Gasteiger partial charge is 0.331 e. The Labute approximate surface area is 87.7 Å². The van der Waals surface area contributed by atoms with Crippen molar-refractivity contribution in [1.82, 2.24) is 9.97 Å². The number of benzene rings is 1. The SMILES string of the molecule is Cc1cccc(-c2nccc(=S)[nH]2)c1. The maximum atomic E-state index is 5.04. The van der Waals surface area contributed by atoms with E-state index in [2.05, 4.69) is 29.0 Å². The molecule has 3 heteroatoms. The molecular weight excluding hydrogens is 192 g/mol. The number of nitrogens with one attached hydrogen (secondary N) is 1. The summed E-state index contributed by atoms with van der Waals surface area (Å²) in [6.45, 7) is 2.06. The summed E-state index contributed by atoms with van der Waals surface area (Å²) < 4.78 is 0.705. The van der Waals surface area contributed by atoms with E-state index in [0.717, 1.165) is 11.4 Å². The van der Waals surface area contributed by atoms with Gasteiger partial charge in [-0.05, 0) is 19.1 Å². The molecule has 0 saturated heterocycles. The number of H-pyrrole nitrogens is 1. The van der Waals surface area contributed by atoms with Crippen LogP contribution in [0.3, 0.4) is 0 Å². The minimum atomic E-state index is 0.705. The van der Waals surface area contributed by atoms with Crippen molar-refractivity contribution < 1.29 is 0 Å². The predicted molar refractivity (Wildman–Crippen MR) is 59.6 cm³/mol. The van der Waals surface area contributed by atoms with E-state index in [1.807, 2.05) is 12.1 Å². The normalized spacial score (nSPS) is 10.1. The third kappa shape index (κ3) is 1.88. The predicted octanol–water partition coefficient (Wildman–Crippen LogP) is 3.11. The Hall–Kier alpha value is -1.48. The van der Waals surface area contributed by atoms with Crippen molar-refractivity contribution in [3.05, 3.63) is 46.7 Å². The molecule has 2 nitrogen and oxygen atoms in total. The summed E-state index contributed by atoms with van der Waals surface area (Å²) in [6.07, 6.45) is 1.72. The molecule has 2 aromatic rings.